The molecule has 0 spiro atoms. The number of aromatic nitrogens is 1. The lowest BCUT2D eigenvalue weighted by molar-refractivity contribution is -0.0256. The van der Waals surface area contributed by atoms with Crippen molar-refractivity contribution in [2.45, 2.75) is 32.5 Å². The lowest BCUT2D eigenvalue weighted by Crippen LogP contribution is -2.40. The maximum atomic E-state index is 13.0. The maximum Gasteiger partial charge on any atom is 0.348 e. The van der Waals surface area contributed by atoms with Crippen LogP contribution in [0.15, 0.2) is 84.0 Å². The first-order chi connectivity index (χ1) is 20.3. The van der Waals surface area contributed by atoms with Crippen LogP contribution in [0.3, 0.4) is 0 Å². The van der Waals surface area contributed by atoms with Gasteiger partial charge in [0.05, 0.1) is 18.9 Å². The fourth-order valence-electron chi connectivity index (χ4n) is 5.31. The Hall–Kier alpha value is -4.31. The molecule has 2 aliphatic heterocycles. The summed E-state index contributed by atoms with van der Waals surface area (Å²) >= 11 is 0. The minimum Gasteiger partial charge on any atom is -0.445 e. The number of nitrogens with zero attached hydrogens (tertiary/aromatic N) is 3. The van der Waals surface area contributed by atoms with E-state index in [-0.39, 0.29) is 17.9 Å². The molecule has 42 heavy (non-hydrogen) atoms. The molecule has 0 bridgehead atoms. The molecule has 0 saturated carbocycles. The van der Waals surface area contributed by atoms with Crippen molar-refractivity contribution in [3.8, 4) is 11.1 Å². The summed E-state index contributed by atoms with van der Waals surface area (Å²) in [4.78, 5) is 21.8. The molecule has 0 radical (unpaired) electrons. The summed E-state index contributed by atoms with van der Waals surface area (Å²) in [7, 11) is 0. The van der Waals surface area contributed by atoms with Gasteiger partial charge in [0.15, 0.2) is 0 Å². The zero-order valence-corrected chi connectivity index (χ0v) is 24.1. The van der Waals surface area contributed by atoms with Gasteiger partial charge in [0.1, 0.15) is 12.4 Å². The van der Waals surface area contributed by atoms with Gasteiger partial charge in [-0.2, -0.15) is 4.99 Å². The number of hydrogen-bond acceptors (Lipinski definition) is 7. The van der Waals surface area contributed by atoms with Crippen LogP contribution in [0.25, 0.3) is 21.9 Å². The Balaban J connectivity index is 1.17. The van der Waals surface area contributed by atoms with E-state index in [1.807, 2.05) is 72.9 Å². The molecule has 1 atom stereocenters. The Bertz CT molecular complexity index is 1610. The van der Waals surface area contributed by atoms with E-state index in [4.69, 9.17) is 14.2 Å². The van der Waals surface area contributed by atoms with E-state index in [9.17, 15) is 4.79 Å². The summed E-state index contributed by atoms with van der Waals surface area (Å²) in [6.45, 7) is 9.62. The summed E-state index contributed by atoms with van der Waals surface area (Å²) in [6.07, 6.45) is 1.26. The van der Waals surface area contributed by atoms with Gasteiger partial charge in [0, 0.05) is 35.8 Å². The van der Waals surface area contributed by atoms with Gasteiger partial charge >= 0.3 is 6.03 Å². The van der Waals surface area contributed by atoms with Crippen molar-refractivity contribution in [1.29, 1.82) is 0 Å². The van der Waals surface area contributed by atoms with E-state index in [0.29, 0.717) is 18.9 Å². The fourth-order valence-corrected chi connectivity index (χ4v) is 5.31. The molecule has 9 heteroatoms. The number of anilines is 2. The first-order valence-corrected chi connectivity index (χ1v) is 14.2. The molecule has 9 nitrogen and oxygen atoms in total. The Labute approximate surface area is 245 Å². The van der Waals surface area contributed by atoms with Crippen molar-refractivity contribution in [3.63, 3.8) is 0 Å². The Kier molecular flexibility index (Phi) is 7.88. The van der Waals surface area contributed by atoms with Gasteiger partial charge in [-0.05, 0) is 40.1 Å². The third-order valence-electron chi connectivity index (χ3n) is 7.37. The predicted molar refractivity (Wildman–Crippen MR) is 165 cm³/mol. The number of nitrogens with one attached hydrogen (secondary N) is 2. The van der Waals surface area contributed by atoms with E-state index < -0.39 is 12.3 Å². The Morgan fingerprint density at radius 1 is 0.952 bits per heavy atom. The van der Waals surface area contributed by atoms with Crippen molar-refractivity contribution in [3.05, 3.63) is 90.1 Å². The van der Waals surface area contributed by atoms with E-state index in [1.54, 1.807) is 0 Å². The Morgan fingerprint density at radius 2 is 1.71 bits per heavy atom. The van der Waals surface area contributed by atoms with Gasteiger partial charge in [-0.3, -0.25) is 0 Å². The van der Waals surface area contributed by atoms with E-state index in [1.165, 1.54) is 0 Å². The molecule has 2 aliphatic rings. The van der Waals surface area contributed by atoms with Crippen LogP contribution in [0.2, 0.25) is 0 Å². The second-order valence-corrected chi connectivity index (χ2v) is 11.4. The standard InChI is InChI=1S/C33H35N5O4/c1-33(2,3)27-11-7-6-10-26(27)31-41-21-30(42-31)36-32(39)35-28-14-13-23(24-8-4-5-9-25(24)28)22-12-15-29(34-20-22)37-38-16-18-40-19-17-38/h4-15,20,31H,16-19,21H2,1-3H3,(H,34,37)(H,35,39). The third kappa shape index (κ3) is 6.13. The van der Waals surface area contributed by atoms with Gasteiger partial charge in [-0.1, -0.05) is 75.4 Å². The number of fused-ring (bicyclic) bond motifs is 1. The van der Waals surface area contributed by atoms with Gasteiger partial charge in [0.2, 0.25) is 12.2 Å². The van der Waals surface area contributed by atoms with Crippen LogP contribution >= 0.6 is 0 Å². The summed E-state index contributed by atoms with van der Waals surface area (Å²) in [6, 6.07) is 23.4. The zero-order valence-electron chi connectivity index (χ0n) is 24.1. The van der Waals surface area contributed by atoms with Crippen LogP contribution in [-0.4, -0.2) is 54.8 Å². The average Bonchev–Trinajstić information content (AvgIpc) is 3.46. The summed E-state index contributed by atoms with van der Waals surface area (Å²) < 4.78 is 17.2. The second-order valence-electron chi connectivity index (χ2n) is 11.4. The molecular weight excluding hydrogens is 530 g/mol. The molecule has 2 fully saturated rings. The van der Waals surface area contributed by atoms with Gasteiger partial charge in [-0.25, -0.2) is 14.8 Å². The molecule has 0 aliphatic carbocycles. The number of ether oxygens (including phenoxy) is 3. The minimum atomic E-state index is -0.601. The summed E-state index contributed by atoms with van der Waals surface area (Å²) in [5.41, 5.74) is 8.00. The highest BCUT2D eigenvalue weighted by Gasteiger charge is 2.30. The number of rotatable bonds is 5. The monoisotopic (exact) mass is 565 g/mol. The largest absolute Gasteiger partial charge is 0.445 e. The van der Waals surface area contributed by atoms with E-state index in [2.05, 4.69) is 52.6 Å². The molecule has 2 amide bonds. The molecule has 2 saturated heterocycles. The number of aliphatic imine (C=N–C) groups is 1. The zero-order chi connectivity index (χ0) is 29.1. The van der Waals surface area contributed by atoms with Gasteiger partial charge in [-0.15, -0.1) is 0 Å². The molecule has 6 rings (SSSR count). The van der Waals surface area contributed by atoms with Crippen LogP contribution in [0.1, 0.15) is 38.2 Å². The molecule has 4 aromatic rings. The summed E-state index contributed by atoms with van der Waals surface area (Å²) in [5, 5.41) is 6.94. The lowest BCUT2D eigenvalue weighted by Gasteiger charge is -2.27. The molecule has 216 valence electrons. The number of benzene rings is 3. The maximum absolute atomic E-state index is 13.0. The number of hydrogen-bond donors (Lipinski definition) is 2. The number of carbonyl (C=O) groups is 1. The van der Waals surface area contributed by atoms with E-state index >= 15 is 0 Å². The van der Waals surface area contributed by atoms with Crippen molar-refractivity contribution in [2.75, 3.05) is 43.7 Å². The number of hydrazine groups is 1. The third-order valence-corrected chi connectivity index (χ3v) is 7.37. The molecule has 2 N–H and O–H groups in total. The Morgan fingerprint density at radius 3 is 2.48 bits per heavy atom. The van der Waals surface area contributed by atoms with Crippen LogP contribution in [0, 0.1) is 0 Å². The number of urea groups is 1. The number of amides is 2. The van der Waals surface area contributed by atoms with Crippen LogP contribution in [-0.2, 0) is 19.6 Å². The fraction of sp³-hybridized carbons (Fsp3) is 0.303. The van der Waals surface area contributed by atoms with Crippen molar-refractivity contribution < 1.29 is 19.0 Å². The second kappa shape index (κ2) is 11.9. The highest BCUT2D eigenvalue weighted by molar-refractivity contribution is 6.08. The molecule has 1 aromatic heterocycles. The number of carbonyl (C=O) groups excluding carboxylic acids is 1. The van der Waals surface area contributed by atoms with Crippen molar-refractivity contribution in [1.82, 2.24) is 9.99 Å². The smallest absolute Gasteiger partial charge is 0.348 e. The number of morpholine rings is 1. The van der Waals surface area contributed by atoms with Gasteiger partial charge < -0.3 is 25.0 Å². The highest BCUT2D eigenvalue weighted by atomic mass is 16.7. The highest BCUT2D eigenvalue weighted by Crippen LogP contribution is 2.35. The normalized spacial score (nSPS) is 18.6. The molecule has 1 unspecified atom stereocenters. The average molecular weight is 566 g/mol. The SMILES string of the molecule is CC(C)(C)c1ccccc1C1OCC(=NC(=O)Nc2ccc(-c3ccc(NN4CCOCC4)nc3)c3ccccc23)O1. The lowest BCUT2D eigenvalue weighted by atomic mass is 9.83. The summed E-state index contributed by atoms with van der Waals surface area (Å²) in [5.74, 6) is 1.04. The first kappa shape index (κ1) is 27.8. The van der Waals surface area contributed by atoms with Crippen molar-refractivity contribution in [2.24, 2.45) is 4.99 Å². The first-order valence-electron chi connectivity index (χ1n) is 14.2. The minimum absolute atomic E-state index is 0.0777. The molecule has 3 heterocycles. The topological polar surface area (TPSA) is 97.3 Å². The molecule has 3 aromatic carbocycles. The quantitative estimate of drug-likeness (QED) is 0.284. The van der Waals surface area contributed by atoms with E-state index in [0.717, 1.165) is 51.9 Å². The molecular formula is C33H35N5O4. The predicted octanol–water partition coefficient (Wildman–Crippen LogP) is 6.53. The van der Waals surface area contributed by atoms with Crippen LogP contribution in [0.4, 0.5) is 16.3 Å². The van der Waals surface area contributed by atoms with Gasteiger partial charge in [0.25, 0.3) is 0 Å². The van der Waals surface area contributed by atoms with Crippen LogP contribution < -0.4 is 10.7 Å². The van der Waals surface area contributed by atoms with Crippen molar-refractivity contribution >= 4 is 34.2 Å². The number of pyridine rings is 1. The van der Waals surface area contributed by atoms with Crippen LogP contribution in [0.5, 0.6) is 0 Å².